The topological polar surface area (TPSA) is 73.2 Å². The lowest BCUT2D eigenvalue weighted by Gasteiger charge is -2.16. The molecule has 4 aromatic rings. The van der Waals surface area contributed by atoms with Crippen LogP contribution in [-0.2, 0) is 0 Å². The molecule has 0 aliphatic rings. The van der Waals surface area contributed by atoms with E-state index < -0.39 is 11.5 Å². The van der Waals surface area contributed by atoms with Crippen molar-refractivity contribution in [1.82, 2.24) is 9.55 Å². The van der Waals surface area contributed by atoms with Crippen molar-refractivity contribution < 1.29 is 7.86 Å². The molecule has 0 atom stereocenters. The van der Waals surface area contributed by atoms with Gasteiger partial charge in [0, 0.05) is 29.2 Å². The molecule has 0 radical (unpaired) electrons. The molecular formula is C21H14IN3O3. The third kappa shape index (κ3) is 3.24. The fourth-order valence-corrected chi connectivity index (χ4v) is 3.51. The van der Waals surface area contributed by atoms with Crippen molar-refractivity contribution in [3.8, 4) is 11.4 Å². The number of carbonyl (C=O) groups is 1. The van der Waals surface area contributed by atoms with E-state index in [4.69, 9.17) is 3.07 Å². The second kappa shape index (κ2) is 7.81. The molecule has 0 saturated heterocycles. The zero-order valence-corrected chi connectivity index (χ0v) is 16.7. The Labute approximate surface area is 174 Å². The molecule has 138 valence electrons. The first kappa shape index (κ1) is 18.2. The fraction of sp³-hybridized carbons (Fsp3) is 0. The standard InChI is InChI=1S/C21H14IN3O3/c22-28-19-16-8-4-5-9-17(16)25(15-6-2-1-3-7-15)21(27)18(19)20(26)24-14-10-12-23-13-11-14/h1-13H,(H,23,24,26). The van der Waals surface area contributed by atoms with Crippen LogP contribution in [0.3, 0.4) is 0 Å². The zero-order valence-electron chi connectivity index (χ0n) is 14.5. The minimum Gasteiger partial charge on any atom is -0.426 e. The van der Waals surface area contributed by atoms with Gasteiger partial charge in [-0.3, -0.25) is 19.1 Å². The van der Waals surface area contributed by atoms with Gasteiger partial charge < -0.3 is 8.38 Å². The highest BCUT2D eigenvalue weighted by Crippen LogP contribution is 2.31. The summed E-state index contributed by atoms with van der Waals surface area (Å²) in [7, 11) is 0. The van der Waals surface area contributed by atoms with Gasteiger partial charge in [-0.25, -0.2) is 0 Å². The largest absolute Gasteiger partial charge is 0.426 e. The van der Waals surface area contributed by atoms with Gasteiger partial charge in [-0.15, -0.1) is 0 Å². The number of nitrogens with one attached hydrogen (secondary N) is 1. The Kier molecular flexibility index (Phi) is 5.07. The van der Waals surface area contributed by atoms with Crippen LogP contribution < -0.4 is 13.9 Å². The van der Waals surface area contributed by atoms with E-state index in [-0.39, 0.29) is 11.3 Å². The highest BCUT2D eigenvalue weighted by molar-refractivity contribution is 14.1. The van der Waals surface area contributed by atoms with Crippen molar-refractivity contribution in [3.63, 3.8) is 0 Å². The zero-order chi connectivity index (χ0) is 19.5. The number of aromatic nitrogens is 2. The van der Waals surface area contributed by atoms with Crippen molar-refractivity contribution in [2.45, 2.75) is 0 Å². The number of hydrogen-bond donors (Lipinski definition) is 1. The Morgan fingerprint density at radius 2 is 1.64 bits per heavy atom. The minimum absolute atomic E-state index is 0.0613. The molecule has 2 heterocycles. The minimum atomic E-state index is -0.543. The van der Waals surface area contributed by atoms with Crippen LogP contribution in [0.25, 0.3) is 16.6 Å². The normalized spacial score (nSPS) is 10.6. The number of halogens is 1. The number of fused-ring (bicyclic) bond motifs is 1. The Hall–Kier alpha value is -3.20. The third-order valence-electron chi connectivity index (χ3n) is 4.29. The van der Waals surface area contributed by atoms with E-state index in [1.54, 1.807) is 47.5 Å². The van der Waals surface area contributed by atoms with Gasteiger partial charge >= 0.3 is 0 Å². The summed E-state index contributed by atoms with van der Waals surface area (Å²) in [4.78, 5) is 30.3. The average molecular weight is 483 g/mol. The molecule has 2 aromatic heterocycles. The predicted octanol–water partition coefficient (Wildman–Crippen LogP) is 4.37. The number of rotatable bonds is 4. The van der Waals surface area contributed by atoms with Gasteiger partial charge in [0.05, 0.1) is 5.52 Å². The van der Waals surface area contributed by atoms with E-state index in [0.717, 1.165) is 0 Å². The van der Waals surface area contributed by atoms with Crippen LogP contribution in [0.15, 0.2) is 83.9 Å². The second-order valence-corrected chi connectivity index (χ2v) is 6.40. The molecule has 0 fully saturated rings. The van der Waals surface area contributed by atoms with E-state index in [1.165, 1.54) is 4.57 Å². The van der Waals surface area contributed by atoms with Gasteiger partial charge in [0.1, 0.15) is 5.56 Å². The Bertz CT molecular complexity index is 1210. The number of anilines is 1. The van der Waals surface area contributed by atoms with Gasteiger partial charge in [0.25, 0.3) is 11.5 Å². The van der Waals surface area contributed by atoms with Crippen molar-refractivity contribution >= 4 is 45.5 Å². The molecule has 2 aromatic carbocycles. The summed E-state index contributed by atoms with van der Waals surface area (Å²) in [5, 5.41) is 3.41. The molecular weight excluding hydrogens is 469 g/mol. The van der Waals surface area contributed by atoms with Crippen LogP contribution in [0.2, 0.25) is 0 Å². The van der Waals surface area contributed by atoms with Crippen LogP contribution >= 0.6 is 23.0 Å². The number of hydrogen-bond acceptors (Lipinski definition) is 4. The summed E-state index contributed by atoms with van der Waals surface area (Å²) >= 11 is 1.70. The molecule has 0 aliphatic carbocycles. The van der Waals surface area contributed by atoms with Crippen LogP contribution in [0.4, 0.5) is 5.69 Å². The van der Waals surface area contributed by atoms with E-state index in [9.17, 15) is 9.59 Å². The quantitative estimate of drug-likeness (QED) is 0.438. The summed E-state index contributed by atoms with van der Waals surface area (Å²) in [6, 6.07) is 19.8. The van der Waals surface area contributed by atoms with Gasteiger partial charge in [-0.2, -0.15) is 0 Å². The number of amides is 1. The molecule has 0 aliphatic heterocycles. The summed E-state index contributed by atoms with van der Waals surface area (Å²) in [5.41, 5.74) is 1.35. The maximum absolute atomic E-state index is 13.4. The maximum Gasteiger partial charge on any atom is 0.272 e. The monoisotopic (exact) mass is 483 g/mol. The molecule has 0 spiro atoms. The van der Waals surface area contributed by atoms with Crippen molar-refractivity contribution in [2.24, 2.45) is 0 Å². The van der Waals surface area contributed by atoms with E-state index in [1.807, 2.05) is 54.6 Å². The van der Waals surface area contributed by atoms with E-state index >= 15 is 0 Å². The molecule has 4 rings (SSSR count). The van der Waals surface area contributed by atoms with Gasteiger partial charge in [-0.1, -0.05) is 30.3 Å². The van der Waals surface area contributed by atoms with Crippen LogP contribution in [0, 0.1) is 0 Å². The SMILES string of the molecule is O=C(Nc1ccncc1)c1c(OI)c2ccccc2n(-c2ccccc2)c1=O. The Morgan fingerprint density at radius 1 is 0.964 bits per heavy atom. The molecule has 28 heavy (non-hydrogen) atoms. The summed E-state index contributed by atoms with van der Waals surface area (Å²) < 4.78 is 7.00. The molecule has 7 heteroatoms. The van der Waals surface area contributed by atoms with Gasteiger partial charge in [-0.05, 0) is 36.4 Å². The Balaban J connectivity index is 1.99. The molecule has 0 saturated carbocycles. The predicted molar refractivity (Wildman–Crippen MR) is 116 cm³/mol. The number of para-hydroxylation sites is 2. The van der Waals surface area contributed by atoms with Crippen molar-refractivity contribution in [3.05, 3.63) is 95.0 Å². The molecule has 0 unspecified atom stereocenters. The lowest BCUT2D eigenvalue weighted by atomic mass is 10.1. The smallest absolute Gasteiger partial charge is 0.272 e. The number of benzene rings is 2. The van der Waals surface area contributed by atoms with Crippen molar-refractivity contribution in [1.29, 1.82) is 0 Å². The van der Waals surface area contributed by atoms with E-state index in [0.29, 0.717) is 22.3 Å². The molecule has 0 bridgehead atoms. The first-order chi connectivity index (χ1) is 13.7. The van der Waals surface area contributed by atoms with Gasteiger partial charge in [0.15, 0.2) is 28.8 Å². The van der Waals surface area contributed by atoms with Crippen LogP contribution in [-0.4, -0.2) is 15.5 Å². The first-order valence-electron chi connectivity index (χ1n) is 8.44. The third-order valence-corrected chi connectivity index (χ3v) is 4.73. The number of carbonyl (C=O) groups excluding carboxylic acids is 1. The van der Waals surface area contributed by atoms with Crippen LogP contribution in [0.5, 0.6) is 5.75 Å². The van der Waals surface area contributed by atoms with Crippen LogP contribution in [0.1, 0.15) is 10.4 Å². The molecule has 1 N–H and O–H groups in total. The van der Waals surface area contributed by atoms with Gasteiger partial charge in [0.2, 0.25) is 0 Å². The average Bonchev–Trinajstić information content (AvgIpc) is 2.74. The maximum atomic E-state index is 13.4. The lowest BCUT2D eigenvalue weighted by molar-refractivity contribution is 0.102. The fourth-order valence-electron chi connectivity index (χ4n) is 3.06. The van der Waals surface area contributed by atoms with Crippen molar-refractivity contribution in [2.75, 3.05) is 5.32 Å². The lowest BCUT2D eigenvalue weighted by Crippen LogP contribution is -2.29. The second-order valence-electron chi connectivity index (χ2n) is 5.96. The molecule has 1 amide bonds. The summed E-state index contributed by atoms with van der Waals surface area (Å²) in [5.74, 6) is -0.307. The highest BCUT2D eigenvalue weighted by Gasteiger charge is 2.24. The Morgan fingerprint density at radius 3 is 2.36 bits per heavy atom. The molecule has 6 nitrogen and oxygen atoms in total. The highest BCUT2D eigenvalue weighted by atomic mass is 127. The van der Waals surface area contributed by atoms with E-state index in [2.05, 4.69) is 10.3 Å². The summed E-state index contributed by atoms with van der Waals surface area (Å²) in [6.07, 6.45) is 3.13. The number of pyridine rings is 2. The summed E-state index contributed by atoms with van der Waals surface area (Å²) in [6.45, 7) is 0. The first-order valence-corrected chi connectivity index (χ1v) is 9.32. The number of nitrogens with zero attached hydrogens (tertiary/aromatic N) is 2.